The van der Waals surface area contributed by atoms with Gasteiger partial charge >= 0.3 is 0 Å². The van der Waals surface area contributed by atoms with Gasteiger partial charge < -0.3 is 30.6 Å². The van der Waals surface area contributed by atoms with Crippen molar-refractivity contribution in [2.24, 2.45) is 5.73 Å². The zero-order valence-electron chi connectivity index (χ0n) is 19.6. The van der Waals surface area contributed by atoms with Crippen LogP contribution >= 0.6 is 0 Å². The molecule has 1 aliphatic rings. The van der Waals surface area contributed by atoms with Gasteiger partial charge in [0, 0.05) is 17.8 Å². The number of amides is 3. The Morgan fingerprint density at radius 1 is 1.06 bits per heavy atom. The van der Waals surface area contributed by atoms with Crippen molar-refractivity contribution in [1.82, 2.24) is 10.2 Å². The van der Waals surface area contributed by atoms with E-state index in [2.05, 4.69) is 10.6 Å². The van der Waals surface area contributed by atoms with Gasteiger partial charge in [-0.25, -0.2) is 0 Å². The molecule has 3 rings (SSSR count). The van der Waals surface area contributed by atoms with E-state index in [-0.39, 0.29) is 30.0 Å². The molecule has 0 radical (unpaired) electrons. The first-order valence-corrected chi connectivity index (χ1v) is 10.9. The van der Waals surface area contributed by atoms with Crippen molar-refractivity contribution in [2.75, 3.05) is 39.7 Å². The lowest BCUT2D eigenvalue weighted by atomic mass is 10.1. The van der Waals surface area contributed by atoms with Crippen LogP contribution in [0.4, 0.5) is 5.69 Å². The summed E-state index contributed by atoms with van der Waals surface area (Å²) in [5, 5.41) is 5.43. The van der Waals surface area contributed by atoms with Crippen LogP contribution in [0.15, 0.2) is 36.4 Å². The highest BCUT2D eigenvalue weighted by atomic mass is 16.5. The van der Waals surface area contributed by atoms with E-state index < -0.39 is 5.91 Å². The lowest BCUT2D eigenvalue weighted by Gasteiger charge is -2.23. The van der Waals surface area contributed by atoms with Gasteiger partial charge in [-0.3, -0.25) is 19.3 Å². The monoisotopic (exact) mass is 470 g/mol. The van der Waals surface area contributed by atoms with Crippen molar-refractivity contribution in [3.63, 3.8) is 0 Å². The van der Waals surface area contributed by atoms with Crippen molar-refractivity contribution in [1.29, 1.82) is 0 Å². The molecule has 2 aromatic carbocycles. The smallest absolute Gasteiger partial charge is 0.251 e. The van der Waals surface area contributed by atoms with Gasteiger partial charge in [-0.1, -0.05) is 18.2 Å². The van der Waals surface area contributed by atoms with Crippen LogP contribution in [0.25, 0.3) is 0 Å². The highest BCUT2D eigenvalue weighted by molar-refractivity contribution is 6.00. The third-order valence-corrected chi connectivity index (χ3v) is 5.69. The quantitative estimate of drug-likeness (QED) is 0.480. The van der Waals surface area contributed by atoms with Crippen molar-refractivity contribution in [3.8, 4) is 17.2 Å². The van der Waals surface area contributed by atoms with E-state index in [1.165, 1.54) is 33.5 Å². The van der Waals surface area contributed by atoms with Gasteiger partial charge in [-0.2, -0.15) is 0 Å². The largest absolute Gasteiger partial charge is 0.493 e. The van der Waals surface area contributed by atoms with Crippen molar-refractivity contribution in [3.05, 3.63) is 47.5 Å². The summed E-state index contributed by atoms with van der Waals surface area (Å²) in [5.74, 6) is -0.158. The maximum absolute atomic E-state index is 12.6. The predicted molar refractivity (Wildman–Crippen MR) is 126 cm³/mol. The van der Waals surface area contributed by atoms with Crippen LogP contribution in [0.2, 0.25) is 0 Å². The number of methoxy groups -OCH3 is 3. The van der Waals surface area contributed by atoms with Gasteiger partial charge in [-0.05, 0) is 43.1 Å². The molecule has 0 bridgehead atoms. The number of carbonyl (C=O) groups is 3. The van der Waals surface area contributed by atoms with Crippen molar-refractivity contribution >= 4 is 23.4 Å². The molecular weight excluding hydrogens is 440 g/mol. The second kappa shape index (κ2) is 11.4. The second-order valence-electron chi connectivity index (χ2n) is 7.83. The normalized spacial score (nSPS) is 15.4. The van der Waals surface area contributed by atoms with E-state index in [0.29, 0.717) is 29.5 Å². The van der Waals surface area contributed by atoms with E-state index in [4.69, 9.17) is 19.9 Å². The fraction of sp³-hybridized carbons (Fsp3) is 0.375. The van der Waals surface area contributed by atoms with E-state index in [1.807, 2.05) is 23.1 Å². The third kappa shape index (κ3) is 5.76. The number of benzene rings is 2. The number of likely N-dealkylation sites (tertiary alicyclic amines) is 1. The summed E-state index contributed by atoms with van der Waals surface area (Å²) < 4.78 is 15.8. The van der Waals surface area contributed by atoms with Crippen molar-refractivity contribution < 1.29 is 28.6 Å². The van der Waals surface area contributed by atoms with Gasteiger partial charge in [-0.15, -0.1) is 0 Å². The zero-order valence-corrected chi connectivity index (χ0v) is 19.6. The maximum Gasteiger partial charge on any atom is 0.251 e. The Kier molecular flexibility index (Phi) is 8.31. The van der Waals surface area contributed by atoms with E-state index in [1.54, 1.807) is 6.07 Å². The highest BCUT2D eigenvalue weighted by Gasteiger charge is 2.29. The molecule has 1 aliphatic heterocycles. The van der Waals surface area contributed by atoms with Gasteiger partial charge in [0.05, 0.1) is 33.9 Å². The topological polar surface area (TPSA) is 132 Å². The summed E-state index contributed by atoms with van der Waals surface area (Å²) in [7, 11) is 4.38. The Morgan fingerprint density at radius 2 is 1.74 bits per heavy atom. The highest BCUT2D eigenvalue weighted by Crippen LogP contribution is 2.38. The molecule has 10 nitrogen and oxygen atoms in total. The fourth-order valence-corrected chi connectivity index (χ4v) is 4.01. The van der Waals surface area contributed by atoms with Crippen LogP contribution < -0.4 is 30.6 Å². The number of carbonyl (C=O) groups excluding carboxylic acids is 3. The minimum atomic E-state index is -0.468. The molecule has 1 fully saturated rings. The second-order valence-corrected chi connectivity index (χ2v) is 7.83. The molecule has 1 atom stereocenters. The van der Waals surface area contributed by atoms with Crippen LogP contribution in [0, 0.1) is 0 Å². The number of nitrogens with two attached hydrogens (primary N) is 1. The van der Waals surface area contributed by atoms with Gasteiger partial charge in [0.1, 0.15) is 0 Å². The van der Waals surface area contributed by atoms with Gasteiger partial charge in [0.2, 0.25) is 17.6 Å². The Labute approximate surface area is 198 Å². The Hall–Kier alpha value is -3.79. The number of anilines is 1. The molecule has 4 N–H and O–H groups in total. The molecule has 1 saturated heterocycles. The van der Waals surface area contributed by atoms with Crippen LogP contribution in [0.3, 0.4) is 0 Å². The maximum atomic E-state index is 12.6. The molecule has 10 heteroatoms. The Balaban J connectivity index is 1.64. The lowest BCUT2D eigenvalue weighted by Crippen LogP contribution is -2.40. The van der Waals surface area contributed by atoms with E-state index >= 15 is 0 Å². The molecule has 0 saturated carbocycles. The molecule has 0 aromatic heterocycles. The number of para-hydroxylation sites is 1. The summed E-state index contributed by atoms with van der Waals surface area (Å²) in [6, 6.07) is 10.1. The summed E-state index contributed by atoms with van der Waals surface area (Å²) in [6.45, 7) is 1.01. The van der Waals surface area contributed by atoms with Crippen LogP contribution in [-0.2, 0) is 16.1 Å². The number of ether oxygens (including phenoxy) is 3. The SMILES string of the molecule is COc1cc(C(=O)NCC(=O)Nc2ccccc2CN2CCCC2C(N)=O)cc(OC)c1OC. The third-order valence-electron chi connectivity index (χ3n) is 5.69. The first kappa shape index (κ1) is 24.8. The number of rotatable bonds is 10. The van der Waals surface area contributed by atoms with Crippen LogP contribution in [-0.4, -0.2) is 63.1 Å². The number of nitrogens with one attached hydrogen (secondary N) is 2. The molecule has 34 heavy (non-hydrogen) atoms. The van der Waals surface area contributed by atoms with Gasteiger partial charge in [0.25, 0.3) is 5.91 Å². The molecule has 1 unspecified atom stereocenters. The first-order valence-electron chi connectivity index (χ1n) is 10.9. The van der Waals surface area contributed by atoms with Crippen LogP contribution in [0.5, 0.6) is 17.2 Å². The molecule has 0 spiro atoms. The molecule has 3 amide bonds. The Morgan fingerprint density at radius 3 is 2.35 bits per heavy atom. The predicted octanol–water partition coefficient (Wildman–Crippen LogP) is 1.53. The fourth-order valence-electron chi connectivity index (χ4n) is 4.01. The van der Waals surface area contributed by atoms with E-state index in [0.717, 1.165) is 24.9 Å². The number of primary amides is 1. The minimum Gasteiger partial charge on any atom is -0.493 e. The number of hydrogen-bond acceptors (Lipinski definition) is 7. The zero-order chi connectivity index (χ0) is 24.7. The first-order chi connectivity index (χ1) is 16.4. The summed E-state index contributed by atoms with van der Waals surface area (Å²) in [6.07, 6.45) is 1.63. The average molecular weight is 471 g/mol. The average Bonchev–Trinajstić information content (AvgIpc) is 3.31. The Bertz CT molecular complexity index is 1030. The number of hydrogen-bond donors (Lipinski definition) is 3. The van der Waals surface area contributed by atoms with Crippen LogP contribution in [0.1, 0.15) is 28.8 Å². The standard InChI is InChI=1S/C24H30N4O6/c1-32-19-11-16(12-20(33-2)22(19)34-3)24(31)26-13-21(29)27-17-8-5-4-7-15(17)14-28-10-6-9-18(28)23(25)30/h4-5,7-8,11-12,18H,6,9-10,13-14H2,1-3H3,(H2,25,30)(H,26,31)(H,27,29). The molecule has 2 aromatic rings. The summed E-state index contributed by atoms with van der Waals surface area (Å²) in [5.41, 5.74) is 7.25. The molecule has 1 heterocycles. The van der Waals surface area contributed by atoms with Gasteiger partial charge in [0.15, 0.2) is 11.5 Å². The summed E-state index contributed by atoms with van der Waals surface area (Å²) >= 11 is 0. The van der Waals surface area contributed by atoms with Crippen molar-refractivity contribution in [2.45, 2.75) is 25.4 Å². The molecular formula is C24H30N4O6. The molecule has 0 aliphatic carbocycles. The molecule has 182 valence electrons. The number of nitrogens with zero attached hydrogens (tertiary/aromatic N) is 1. The summed E-state index contributed by atoms with van der Waals surface area (Å²) in [4.78, 5) is 38.9. The lowest BCUT2D eigenvalue weighted by molar-refractivity contribution is -0.122. The minimum absolute atomic E-state index is 0.239. The van der Waals surface area contributed by atoms with E-state index in [9.17, 15) is 14.4 Å².